The number of amides is 1. The molecular formula is C12H12BrN3O2. The van der Waals surface area contributed by atoms with E-state index < -0.39 is 0 Å². The van der Waals surface area contributed by atoms with Gasteiger partial charge in [-0.3, -0.25) is 4.79 Å². The molecule has 1 unspecified atom stereocenters. The summed E-state index contributed by atoms with van der Waals surface area (Å²) in [7, 11) is 0. The molecular weight excluding hydrogens is 298 g/mol. The first-order chi connectivity index (χ1) is 8.56. The zero-order valence-electron chi connectivity index (χ0n) is 9.98. The largest absolute Gasteiger partial charge is 0.444 e. The maximum Gasteiger partial charge on any atom is 0.252 e. The number of rotatable bonds is 3. The average molecular weight is 310 g/mol. The highest BCUT2D eigenvalue weighted by molar-refractivity contribution is 9.10. The zero-order valence-corrected chi connectivity index (χ0v) is 11.6. The summed E-state index contributed by atoms with van der Waals surface area (Å²) in [6.07, 6.45) is 3.19. The van der Waals surface area contributed by atoms with Crippen LogP contribution in [0.3, 0.4) is 0 Å². The average Bonchev–Trinajstić information content (AvgIpc) is 2.76. The topological polar surface area (TPSA) is 68.0 Å². The van der Waals surface area contributed by atoms with E-state index in [0.29, 0.717) is 16.1 Å². The molecule has 2 aromatic rings. The molecule has 0 fully saturated rings. The predicted octanol–water partition coefficient (Wildman–Crippen LogP) is 2.63. The highest BCUT2D eigenvalue weighted by Crippen LogP contribution is 2.14. The van der Waals surface area contributed by atoms with Crippen LogP contribution in [-0.4, -0.2) is 15.9 Å². The quantitative estimate of drug-likeness (QED) is 0.885. The van der Waals surface area contributed by atoms with Crippen LogP contribution in [0.4, 0.5) is 0 Å². The fraction of sp³-hybridized carbons (Fsp3) is 0.250. The van der Waals surface area contributed by atoms with Gasteiger partial charge in [0.1, 0.15) is 16.4 Å². The lowest BCUT2D eigenvalue weighted by molar-refractivity contribution is 0.0933. The molecule has 0 aliphatic heterocycles. The Morgan fingerprint density at radius 3 is 2.89 bits per heavy atom. The van der Waals surface area contributed by atoms with Gasteiger partial charge in [-0.15, -0.1) is 0 Å². The second-order valence-electron chi connectivity index (χ2n) is 3.87. The summed E-state index contributed by atoms with van der Waals surface area (Å²) in [5.41, 5.74) is 0.534. The van der Waals surface area contributed by atoms with Crippen LogP contribution in [0.5, 0.6) is 0 Å². The minimum atomic E-state index is -0.279. The number of carbonyl (C=O) groups excluding carboxylic acids is 1. The Morgan fingerprint density at radius 1 is 1.50 bits per heavy atom. The van der Waals surface area contributed by atoms with Gasteiger partial charge >= 0.3 is 0 Å². The molecule has 2 rings (SSSR count). The van der Waals surface area contributed by atoms with E-state index >= 15 is 0 Å². The number of nitrogens with zero attached hydrogens (tertiary/aromatic N) is 2. The number of oxazole rings is 1. The smallest absolute Gasteiger partial charge is 0.252 e. The maximum absolute atomic E-state index is 12.0. The molecule has 0 radical (unpaired) electrons. The van der Waals surface area contributed by atoms with Gasteiger partial charge in [0.2, 0.25) is 5.89 Å². The van der Waals surface area contributed by atoms with Crippen molar-refractivity contribution in [3.05, 3.63) is 46.3 Å². The summed E-state index contributed by atoms with van der Waals surface area (Å²) in [6.45, 7) is 3.63. The molecule has 0 bridgehead atoms. The molecule has 0 spiro atoms. The van der Waals surface area contributed by atoms with E-state index in [4.69, 9.17) is 4.42 Å². The summed E-state index contributed by atoms with van der Waals surface area (Å²) in [5.74, 6) is 1.02. The fourth-order valence-corrected chi connectivity index (χ4v) is 1.82. The lowest BCUT2D eigenvalue weighted by atomic mass is 10.2. The second kappa shape index (κ2) is 5.30. The van der Waals surface area contributed by atoms with Crippen LogP contribution in [0.15, 0.2) is 33.5 Å². The second-order valence-corrected chi connectivity index (χ2v) is 4.68. The maximum atomic E-state index is 12.0. The Kier molecular flexibility index (Phi) is 3.76. The molecule has 0 aliphatic rings. The SMILES string of the molecule is Cc1cnc(C(C)NC(=O)c2ccnc(Br)c2)o1. The van der Waals surface area contributed by atoms with E-state index in [1.165, 1.54) is 0 Å². The molecule has 2 heterocycles. The molecule has 94 valence electrons. The van der Waals surface area contributed by atoms with Crippen LogP contribution in [0.1, 0.15) is 35.0 Å². The van der Waals surface area contributed by atoms with E-state index in [2.05, 4.69) is 31.2 Å². The molecule has 0 saturated heterocycles. The molecule has 0 aromatic carbocycles. The predicted molar refractivity (Wildman–Crippen MR) is 69.1 cm³/mol. The lowest BCUT2D eigenvalue weighted by Crippen LogP contribution is -2.26. The standard InChI is InChI=1S/C12H12BrN3O2/c1-7-6-15-12(18-7)8(2)16-11(17)9-3-4-14-10(13)5-9/h3-6,8H,1-2H3,(H,16,17). The summed E-state index contributed by atoms with van der Waals surface area (Å²) >= 11 is 3.22. The minimum absolute atomic E-state index is 0.193. The summed E-state index contributed by atoms with van der Waals surface area (Å²) < 4.78 is 5.98. The number of hydrogen-bond donors (Lipinski definition) is 1. The van der Waals surface area contributed by atoms with Gasteiger partial charge in [-0.1, -0.05) is 0 Å². The van der Waals surface area contributed by atoms with Crippen LogP contribution in [0.2, 0.25) is 0 Å². The van der Waals surface area contributed by atoms with Gasteiger partial charge in [0.25, 0.3) is 5.91 Å². The Hall–Kier alpha value is -1.69. The number of carbonyl (C=O) groups is 1. The van der Waals surface area contributed by atoms with Crippen LogP contribution in [-0.2, 0) is 0 Å². The van der Waals surface area contributed by atoms with E-state index in [1.807, 2.05) is 13.8 Å². The summed E-state index contributed by atoms with van der Waals surface area (Å²) in [5, 5.41) is 2.81. The number of aromatic nitrogens is 2. The van der Waals surface area contributed by atoms with Gasteiger partial charge < -0.3 is 9.73 Å². The Bertz CT molecular complexity index is 568. The first kappa shape index (κ1) is 12.8. The molecule has 6 heteroatoms. The van der Waals surface area contributed by atoms with Crippen molar-refractivity contribution in [2.45, 2.75) is 19.9 Å². The first-order valence-corrected chi connectivity index (χ1v) is 6.20. The molecule has 18 heavy (non-hydrogen) atoms. The highest BCUT2D eigenvalue weighted by atomic mass is 79.9. The Morgan fingerprint density at radius 2 is 2.28 bits per heavy atom. The van der Waals surface area contributed by atoms with Gasteiger partial charge in [-0.2, -0.15) is 0 Å². The third-order valence-corrected chi connectivity index (χ3v) is 2.78. The molecule has 0 aliphatic carbocycles. The van der Waals surface area contributed by atoms with Crippen LogP contribution in [0.25, 0.3) is 0 Å². The van der Waals surface area contributed by atoms with E-state index in [0.717, 1.165) is 5.76 Å². The van der Waals surface area contributed by atoms with Crippen molar-refractivity contribution in [2.24, 2.45) is 0 Å². The third kappa shape index (κ3) is 2.95. The molecule has 1 atom stereocenters. The third-order valence-electron chi connectivity index (χ3n) is 2.35. The van der Waals surface area contributed by atoms with E-state index in [-0.39, 0.29) is 11.9 Å². The van der Waals surface area contributed by atoms with Gasteiger partial charge in [0.05, 0.1) is 6.20 Å². The summed E-state index contributed by atoms with van der Waals surface area (Å²) in [6, 6.07) is 3.02. The summed E-state index contributed by atoms with van der Waals surface area (Å²) in [4.78, 5) is 20.0. The first-order valence-electron chi connectivity index (χ1n) is 5.41. The van der Waals surface area contributed by atoms with Crippen LogP contribution in [0, 0.1) is 6.92 Å². The van der Waals surface area contributed by atoms with Crippen molar-refractivity contribution in [3.8, 4) is 0 Å². The van der Waals surface area contributed by atoms with E-state index in [9.17, 15) is 4.79 Å². The van der Waals surface area contributed by atoms with Crippen molar-refractivity contribution in [1.29, 1.82) is 0 Å². The van der Waals surface area contributed by atoms with Crippen LogP contribution < -0.4 is 5.32 Å². The van der Waals surface area contributed by atoms with Crippen molar-refractivity contribution in [1.82, 2.24) is 15.3 Å². The van der Waals surface area contributed by atoms with Crippen molar-refractivity contribution in [3.63, 3.8) is 0 Å². The fourth-order valence-electron chi connectivity index (χ4n) is 1.46. The van der Waals surface area contributed by atoms with Gasteiger partial charge in [-0.05, 0) is 41.9 Å². The van der Waals surface area contributed by atoms with Crippen molar-refractivity contribution < 1.29 is 9.21 Å². The number of hydrogen-bond acceptors (Lipinski definition) is 4. The van der Waals surface area contributed by atoms with Crippen LogP contribution >= 0.6 is 15.9 Å². The number of nitrogens with one attached hydrogen (secondary N) is 1. The Labute approximate surface area is 113 Å². The van der Waals surface area contributed by atoms with Gasteiger partial charge in [0.15, 0.2) is 0 Å². The normalized spacial score (nSPS) is 12.2. The molecule has 1 N–H and O–H groups in total. The van der Waals surface area contributed by atoms with Crippen molar-refractivity contribution >= 4 is 21.8 Å². The molecule has 2 aromatic heterocycles. The highest BCUT2D eigenvalue weighted by Gasteiger charge is 2.15. The Balaban J connectivity index is 2.08. The molecule has 0 saturated carbocycles. The molecule has 1 amide bonds. The monoisotopic (exact) mass is 309 g/mol. The van der Waals surface area contributed by atoms with Crippen molar-refractivity contribution in [2.75, 3.05) is 0 Å². The number of pyridine rings is 1. The van der Waals surface area contributed by atoms with E-state index in [1.54, 1.807) is 24.5 Å². The minimum Gasteiger partial charge on any atom is -0.444 e. The number of halogens is 1. The molecule has 5 nitrogen and oxygen atoms in total. The number of aryl methyl sites for hydroxylation is 1. The van der Waals surface area contributed by atoms with Gasteiger partial charge in [0, 0.05) is 11.8 Å². The van der Waals surface area contributed by atoms with Gasteiger partial charge in [-0.25, -0.2) is 9.97 Å². The zero-order chi connectivity index (χ0) is 13.1. The lowest BCUT2D eigenvalue weighted by Gasteiger charge is -2.10.